The van der Waals surface area contributed by atoms with Gasteiger partial charge in [-0.25, -0.2) is 0 Å². The van der Waals surface area contributed by atoms with Crippen molar-refractivity contribution in [2.45, 2.75) is 52.2 Å². The number of hydrogen-bond donors (Lipinski definition) is 1. The van der Waals surface area contributed by atoms with Gasteiger partial charge in [0.2, 0.25) is 0 Å². The summed E-state index contributed by atoms with van der Waals surface area (Å²) < 4.78 is 5.54. The number of nitrogens with one attached hydrogen (secondary N) is 1. The minimum absolute atomic E-state index is 0.380. The van der Waals surface area contributed by atoms with Crippen LogP contribution >= 0.6 is 0 Å². The highest BCUT2D eigenvalue weighted by Crippen LogP contribution is 2.09. The first-order chi connectivity index (χ1) is 7.72. The molecule has 1 rings (SSSR count). The molecule has 0 aromatic carbocycles. The zero-order chi connectivity index (χ0) is 11.8. The Morgan fingerprint density at radius 3 is 2.88 bits per heavy atom. The molecule has 0 saturated carbocycles. The van der Waals surface area contributed by atoms with Gasteiger partial charge in [-0.3, -0.25) is 0 Å². The van der Waals surface area contributed by atoms with Crippen molar-refractivity contribution in [2.75, 3.05) is 32.8 Å². The quantitative estimate of drug-likeness (QED) is 0.642. The van der Waals surface area contributed by atoms with Gasteiger partial charge in [0.05, 0.1) is 6.10 Å². The third-order valence-corrected chi connectivity index (χ3v) is 3.09. The van der Waals surface area contributed by atoms with Crippen molar-refractivity contribution in [2.24, 2.45) is 0 Å². The van der Waals surface area contributed by atoms with Gasteiger partial charge < -0.3 is 15.0 Å². The highest BCUT2D eigenvalue weighted by molar-refractivity contribution is 4.80. The fourth-order valence-corrected chi connectivity index (χ4v) is 2.25. The summed E-state index contributed by atoms with van der Waals surface area (Å²) in [5.74, 6) is 0. The van der Waals surface area contributed by atoms with Crippen LogP contribution in [0.4, 0.5) is 0 Å². The molecule has 16 heavy (non-hydrogen) atoms. The lowest BCUT2D eigenvalue weighted by Gasteiger charge is -2.16. The average molecular weight is 228 g/mol. The molecule has 0 aromatic heterocycles. The van der Waals surface area contributed by atoms with E-state index in [1.165, 1.54) is 38.9 Å². The van der Waals surface area contributed by atoms with E-state index >= 15 is 0 Å². The molecule has 1 unspecified atom stereocenters. The molecule has 96 valence electrons. The van der Waals surface area contributed by atoms with E-state index in [1.807, 2.05) is 0 Å². The molecule has 0 amide bonds. The van der Waals surface area contributed by atoms with Crippen LogP contribution in [0.25, 0.3) is 0 Å². The third kappa shape index (κ3) is 5.83. The van der Waals surface area contributed by atoms with Crippen LogP contribution in [0.15, 0.2) is 0 Å². The molecule has 0 aromatic rings. The third-order valence-electron chi connectivity index (χ3n) is 3.09. The Balaban J connectivity index is 1.94. The second kappa shape index (κ2) is 8.04. The van der Waals surface area contributed by atoms with E-state index in [0.717, 1.165) is 19.2 Å². The number of likely N-dealkylation sites (tertiary alicyclic amines) is 1. The van der Waals surface area contributed by atoms with Crippen LogP contribution in [-0.2, 0) is 4.74 Å². The molecule has 0 aliphatic carbocycles. The van der Waals surface area contributed by atoms with Gasteiger partial charge in [-0.1, -0.05) is 6.92 Å². The SMILES string of the molecule is CCNC1CCN(CCCCOC(C)C)C1. The van der Waals surface area contributed by atoms with Crippen molar-refractivity contribution < 1.29 is 4.74 Å². The first-order valence-electron chi connectivity index (χ1n) is 6.79. The second-order valence-electron chi connectivity index (χ2n) is 4.97. The zero-order valence-electron chi connectivity index (χ0n) is 11.2. The Bertz CT molecular complexity index is 173. The van der Waals surface area contributed by atoms with Crippen LogP contribution < -0.4 is 5.32 Å². The molecule has 1 aliphatic heterocycles. The van der Waals surface area contributed by atoms with Gasteiger partial charge in [-0.2, -0.15) is 0 Å². The van der Waals surface area contributed by atoms with Crippen molar-refractivity contribution >= 4 is 0 Å². The minimum atomic E-state index is 0.380. The Hall–Kier alpha value is -0.120. The predicted molar refractivity (Wildman–Crippen MR) is 68.8 cm³/mol. The molecule has 1 N–H and O–H groups in total. The summed E-state index contributed by atoms with van der Waals surface area (Å²) >= 11 is 0. The summed E-state index contributed by atoms with van der Waals surface area (Å²) in [6.07, 6.45) is 4.16. The smallest absolute Gasteiger partial charge is 0.0518 e. The lowest BCUT2D eigenvalue weighted by molar-refractivity contribution is 0.0746. The van der Waals surface area contributed by atoms with Crippen molar-refractivity contribution in [3.05, 3.63) is 0 Å². The molecular formula is C13H28N2O. The minimum Gasteiger partial charge on any atom is -0.379 e. The lowest BCUT2D eigenvalue weighted by Crippen LogP contribution is -2.32. The molecule has 1 atom stereocenters. The molecule has 0 bridgehead atoms. The fraction of sp³-hybridized carbons (Fsp3) is 1.00. The summed E-state index contributed by atoms with van der Waals surface area (Å²) in [4.78, 5) is 2.57. The van der Waals surface area contributed by atoms with E-state index < -0.39 is 0 Å². The van der Waals surface area contributed by atoms with Crippen molar-refractivity contribution in [1.82, 2.24) is 10.2 Å². The second-order valence-corrected chi connectivity index (χ2v) is 4.97. The van der Waals surface area contributed by atoms with E-state index in [4.69, 9.17) is 4.74 Å². The maximum Gasteiger partial charge on any atom is 0.0518 e. The van der Waals surface area contributed by atoms with Gasteiger partial charge in [0.15, 0.2) is 0 Å². The Morgan fingerprint density at radius 2 is 2.19 bits per heavy atom. The molecule has 3 heteroatoms. The molecule has 1 saturated heterocycles. The van der Waals surface area contributed by atoms with Gasteiger partial charge >= 0.3 is 0 Å². The van der Waals surface area contributed by atoms with Crippen LogP contribution in [0.3, 0.4) is 0 Å². The van der Waals surface area contributed by atoms with Crippen LogP contribution in [0, 0.1) is 0 Å². The molecule has 1 aliphatic rings. The Labute approximate surface area is 101 Å². The van der Waals surface area contributed by atoms with E-state index in [-0.39, 0.29) is 0 Å². The first kappa shape index (κ1) is 13.9. The highest BCUT2D eigenvalue weighted by Gasteiger charge is 2.20. The molecule has 3 nitrogen and oxygen atoms in total. The van der Waals surface area contributed by atoms with Crippen molar-refractivity contribution in [3.63, 3.8) is 0 Å². The van der Waals surface area contributed by atoms with Crippen LogP contribution in [0.2, 0.25) is 0 Å². The molecule has 1 heterocycles. The first-order valence-corrected chi connectivity index (χ1v) is 6.79. The van der Waals surface area contributed by atoms with Gasteiger partial charge in [-0.15, -0.1) is 0 Å². The summed E-state index contributed by atoms with van der Waals surface area (Å²) in [5, 5.41) is 3.52. The number of rotatable bonds is 8. The monoisotopic (exact) mass is 228 g/mol. The lowest BCUT2D eigenvalue weighted by atomic mass is 10.3. The van der Waals surface area contributed by atoms with Crippen LogP contribution in [-0.4, -0.2) is 49.8 Å². The number of unbranched alkanes of at least 4 members (excludes halogenated alkanes) is 1. The van der Waals surface area contributed by atoms with Gasteiger partial charge in [0.1, 0.15) is 0 Å². The van der Waals surface area contributed by atoms with Crippen molar-refractivity contribution in [1.29, 1.82) is 0 Å². The van der Waals surface area contributed by atoms with Crippen molar-refractivity contribution in [3.8, 4) is 0 Å². The number of hydrogen-bond acceptors (Lipinski definition) is 3. The molecule has 0 spiro atoms. The number of nitrogens with zero attached hydrogens (tertiary/aromatic N) is 1. The molecule has 1 fully saturated rings. The van der Waals surface area contributed by atoms with E-state index in [2.05, 4.69) is 31.0 Å². The molecule has 0 radical (unpaired) electrons. The summed E-state index contributed by atoms with van der Waals surface area (Å²) in [5.41, 5.74) is 0. The van der Waals surface area contributed by atoms with E-state index in [1.54, 1.807) is 0 Å². The highest BCUT2D eigenvalue weighted by atomic mass is 16.5. The molecular weight excluding hydrogens is 200 g/mol. The normalized spacial score (nSPS) is 22.1. The average Bonchev–Trinajstić information content (AvgIpc) is 2.65. The topological polar surface area (TPSA) is 24.5 Å². The summed E-state index contributed by atoms with van der Waals surface area (Å²) in [7, 11) is 0. The Kier molecular flexibility index (Phi) is 7.01. The van der Waals surface area contributed by atoms with E-state index in [9.17, 15) is 0 Å². The van der Waals surface area contributed by atoms with Gasteiger partial charge in [0, 0.05) is 19.2 Å². The van der Waals surface area contributed by atoms with Crippen LogP contribution in [0.1, 0.15) is 40.0 Å². The maximum atomic E-state index is 5.54. The number of ether oxygens (including phenoxy) is 1. The predicted octanol–water partition coefficient (Wildman–Crippen LogP) is 1.88. The standard InChI is InChI=1S/C13H28N2O/c1-4-14-13-7-9-15(11-13)8-5-6-10-16-12(2)3/h12-14H,4-11H2,1-3H3. The fourth-order valence-electron chi connectivity index (χ4n) is 2.25. The Morgan fingerprint density at radius 1 is 1.38 bits per heavy atom. The zero-order valence-corrected chi connectivity index (χ0v) is 11.2. The largest absolute Gasteiger partial charge is 0.379 e. The summed E-state index contributed by atoms with van der Waals surface area (Å²) in [6, 6.07) is 0.733. The maximum absolute atomic E-state index is 5.54. The summed E-state index contributed by atoms with van der Waals surface area (Å²) in [6.45, 7) is 12.1. The number of likely N-dealkylation sites (N-methyl/N-ethyl adjacent to an activating group) is 1. The van der Waals surface area contributed by atoms with Gasteiger partial charge in [0.25, 0.3) is 0 Å². The van der Waals surface area contributed by atoms with E-state index in [0.29, 0.717) is 6.10 Å². The van der Waals surface area contributed by atoms with Gasteiger partial charge in [-0.05, 0) is 52.7 Å². The van der Waals surface area contributed by atoms with Crippen LogP contribution in [0.5, 0.6) is 0 Å².